The van der Waals surface area contributed by atoms with Crippen LogP contribution in [0.1, 0.15) is 10.6 Å². The van der Waals surface area contributed by atoms with Crippen LogP contribution in [0.15, 0.2) is 18.6 Å². The molecule has 21 heavy (non-hydrogen) atoms. The highest BCUT2D eigenvalue weighted by Gasteiger charge is 2.20. The van der Waals surface area contributed by atoms with E-state index >= 15 is 0 Å². The van der Waals surface area contributed by atoms with Gasteiger partial charge in [-0.2, -0.15) is 10.1 Å². The molecule has 3 aromatic heterocycles. The highest BCUT2D eigenvalue weighted by atomic mass is 16.6. The number of carbonyl (C=O) groups excluding carboxylic acids is 1. The van der Waals surface area contributed by atoms with Crippen molar-refractivity contribution in [3.8, 4) is 11.3 Å². The van der Waals surface area contributed by atoms with Crippen molar-refractivity contribution in [3.63, 3.8) is 0 Å². The molecule has 0 aliphatic carbocycles. The molecule has 0 aliphatic heterocycles. The Morgan fingerprint density at radius 2 is 2.29 bits per heavy atom. The molecule has 0 saturated heterocycles. The zero-order valence-corrected chi connectivity index (χ0v) is 10.5. The number of rotatable bonds is 3. The van der Waals surface area contributed by atoms with Gasteiger partial charge in [-0.15, -0.1) is 5.10 Å². The van der Waals surface area contributed by atoms with Crippen LogP contribution in [0.2, 0.25) is 0 Å². The van der Waals surface area contributed by atoms with E-state index in [1.807, 2.05) is 0 Å². The number of aromatic amines is 1. The Bertz CT molecular complexity index is 852. The van der Waals surface area contributed by atoms with Gasteiger partial charge in [0.25, 0.3) is 11.6 Å². The van der Waals surface area contributed by atoms with E-state index in [1.165, 1.54) is 24.0 Å². The van der Waals surface area contributed by atoms with Crippen molar-refractivity contribution < 1.29 is 14.5 Å². The molecule has 106 valence electrons. The number of aromatic nitrogens is 6. The van der Waals surface area contributed by atoms with E-state index in [1.54, 1.807) is 0 Å². The molecule has 0 fully saturated rings. The molecule has 0 atom stereocenters. The van der Waals surface area contributed by atoms with Crippen molar-refractivity contribution in [3.05, 3.63) is 34.5 Å². The second-order valence-electron chi connectivity index (χ2n) is 3.90. The van der Waals surface area contributed by atoms with E-state index in [2.05, 4.69) is 30.0 Å². The number of ether oxygens (including phenoxy) is 1. The Morgan fingerprint density at radius 3 is 3.00 bits per heavy atom. The lowest BCUT2D eigenvalue weighted by Crippen LogP contribution is -2.03. The second kappa shape index (κ2) is 4.63. The number of H-pyrrole nitrogens is 1. The fraction of sp³-hybridized carbons (Fsp3) is 0.100. The Hall–Kier alpha value is -3.37. The lowest BCUT2D eigenvalue weighted by molar-refractivity contribution is -0.384. The topological polar surface area (TPSA) is 141 Å². The molecule has 0 radical (unpaired) electrons. The summed E-state index contributed by atoms with van der Waals surface area (Å²) in [6, 6.07) is 0. The predicted molar refractivity (Wildman–Crippen MR) is 66.4 cm³/mol. The molecular weight excluding hydrogens is 282 g/mol. The van der Waals surface area contributed by atoms with Gasteiger partial charge in [-0.1, -0.05) is 0 Å². The maximum absolute atomic E-state index is 11.3. The molecule has 0 saturated carbocycles. The van der Waals surface area contributed by atoms with Crippen LogP contribution in [0.3, 0.4) is 0 Å². The largest absolute Gasteiger partial charge is 0.463 e. The minimum atomic E-state index is -0.699. The molecule has 0 aliphatic rings. The Labute approximate surface area is 115 Å². The van der Waals surface area contributed by atoms with Gasteiger partial charge in [0.15, 0.2) is 0 Å². The molecule has 3 heterocycles. The van der Waals surface area contributed by atoms with Crippen LogP contribution in [0.5, 0.6) is 0 Å². The summed E-state index contributed by atoms with van der Waals surface area (Å²) in [5.74, 6) is -0.683. The first-order valence-corrected chi connectivity index (χ1v) is 5.59. The lowest BCUT2D eigenvalue weighted by atomic mass is 10.2. The van der Waals surface area contributed by atoms with Gasteiger partial charge in [0.2, 0.25) is 0 Å². The number of esters is 1. The molecule has 3 rings (SSSR count). The van der Waals surface area contributed by atoms with Gasteiger partial charge in [0.1, 0.15) is 11.9 Å². The summed E-state index contributed by atoms with van der Waals surface area (Å²) in [5.41, 5.74) is 0.377. The lowest BCUT2D eigenvalue weighted by Gasteiger charge is -1.97. The Morgan fingerprint density at radius 1 is 1.48 bits per heavy atom. The van der Waals surface area contributed by atoms with Crippen molar-refractivity contribution >= 4 is 17.4 Å². The first kappa shape index (κ1) is 12.7. The third-order valence-electron chi connectivity index (χ3n) is 2.67. The summed E-state index contributed by atoms with van der Waals surface area (Å²) < 4.78 is 5.74. The average molecular weight is 289 g/mol. The number of nitrogens with zero attached hydrogens (tertiary/aromatic N) is 6. The molecule has 0 unspecified atom stereocenters. The van der Waals surface area contributed by atoms with Crippen LogP contribution >= 0.6 is 0 Å². The molecule has 0 bridgehead atoms. The van der Waals surface area contributed by atoms with Crippen LogP contribution in [-0.4, -0.2) is 47.8 Å². The second-order valence-corrected chi connectivity index (χ2v) is 3.90. The molecule has 3 aromatic rings. The monoisotopic (exact) mass is 289 g/mol. The van der Waals surface area contributed by atoms with Crippen LogP contribution in [0, 0.1) is 10.1 Å². The predicted octanol–water partition coefficient (Wildman–Crippen LogP) is 0.209. The Balaban J connectivity index is 2.10. The fourth-order valence-corrected chi connectivity index (χ4v) is 1.72. The smallest absolute Gasteiger partial charge is 0.378 e. The normalized spacial score (nSPS) is 10.7. The first-order chi connectivity index (χ1) is 10.1. The molecule has 0 spiro atoms. The van der Waals surface area contributed by atoms with Crippen molar-refractivity contribution in [1.82, 2.24) is 29.8 Å². The number of methoxy groups -OCH3 is 1. The molecule has 11 nitrogen and oxygen atoms in total. The van der Waals surface area contributed by atoms with Crippen LogP contribution in [-0.2, 0) is 4.74 Å². The Kier molecular flexibility index (Phi) is 2.79. The minimum Gasteiger partial charge on any atom is -0.463 e. The van der Waals surface area contributed by atoms with E-state index in [-0.39, 0.29) is 23.0 Å². The average Bonchev–Trinajstić information content (AvgIpc) is 3.11. The summed E-state index contributed by atoms with van der Waals surface area (Å²) >= 11 is 0. The third kappa shape index (κ3) is 2.05. The highest BCUT2D eigenvalue weighted by Crippen LogP contribution is 2.26. The standard InChI is InChI=1S/C10H7N7O4/c1-21-9(18)8-13-10-11-2-5(4-16(10)15-8)7-6(17(19)20)3-12-14-7/h2-4H,1H3,(H,12,14). The van der Waals surface area contributed by atoms with Crippen molar-refractivity contribution in [2.45, 2.75) is 0 Å². The van der Waals surface area contributed by atoms with Gasteiger partial charge in [-0.3, -0.25) is 15.2 Å². The van der Waals surface area contributed by atoms with Gasteiger partial charge in [0.05, 0.1) is 12.0 Å². The number of carbonyl (C=O) groups is 1. The zero-order valence-electron chi connectivity index (χ0n) is 10.5. The fourth-order valence-electron chi connectivity index (χ4n) is 1.72. The molecule has 11 heteroatoms. The maximum atomic E-state index is 11.3. The summed E-state index contributed by atoms with van der Waals surface area (Å²) in [7, 11) is 1.21. The molecule has 1 N–H and O–H groups in total. The summed E-state index contributed by atoms with van der Waals surface area (Å²) in [5, 5.41) is 20.9. The number of fused-ring (bicyclic) bond motifs is 1. The van der Waals surface area contributed by atoms with Crippen molar-refractivity contribution in [1.29, 1.82) is 0 Å². The van der Waals surface area contributed by atoms with E-state index in [0.29, 0.717) is 5.56 Å². The number of hydrogen-bond acceptors (Lipinski definition) is 8. The van der Waals surface area contributed by atoms with Gasteiger partial charge in [-0.25, -0.2) is 14.3 Å². The number of hydrogen-bond donors (Lipinski definition) is 1. The van der Waals surface area contributed by atoms with Crippen LogP contribution in [0.4, 0.5) is 5.69 Å². The van der Waals surface area contributed by atoms with E-state index < -0.39 is 10.9 Å². The quantitative estimate of drug-likeness (QED) is 0.409. The SMILES string of the molecule is COC(=O)c1nc2ncc(-c3[nH]ncc3[N+](=O)[O-])cn2n1. The molecule has 0 amide bonds. The van der Waals surface area contributed by atoms with E-state index in [4.69, 9.17) is 0 Å². The summed E-state index contributed by atoms with van der Waals surface area (Å²) in [4.78, 5) is 29.5. The summed E-state index contributed by atoms with van der Waals surface area (Å²) in [6.45, 7) is 0. The van der Waals surface area contributed by atoms with Crippen LogP contribution < -0.4 is 0 Å². The third-order valence-corrected chi connectivity index (χ3v) is 2.67. The number of nitro groups is 1. The van der Waals surface area contributed by atoms with E-state index in [9.17, 15) is 14.9 Å². The van der Waals surface area contributed by atoms with Crippen molar-refractivity contribution in [2.24, 2.45) is 0 Å². The number of nitrogens with one attached hydrogen (secondary N) is 1. The van der Waals surface area contributed by atoms with Crippen molar-refractivity contribution in [2.75, 3.05) is 7.11 Å². The van der Waals surface area contributed by atoms with Gasteiger partial charge in [0, 0.05) is 18.0 Å². The first-order valence-electron chi connectivity index (χ1n) is 5.59. The van der Waals surface area contributed by atoms with Crippen LogP contribution in [0.25, 0.3) is 17.0 Å². The van der Waals surface area contributed by atoms with Gasteiger partial charge >= 0.3 is 11.7 Å². The van der Waals surface area contributed by atoms with E-state index in [0.717, 1.165) is 6.20 Å². The zero-order chi connectivity index (χ0) is 15.0. The maximum Gasteiger partial charge on any atom is 0.378 e. The highest BCUT2D eigenvalue weighted by molar-refractivity contribution is 5.85. The van der Waals surface area contributed by atoms with Gasteiger partial charge < -0.3 is 4.74 Å². The molecule has 0 aromatic carbocycles. The minimum absolute atomic E-state index is 0.152. The summed E-state index contributed by atoms with van der Waals surface area (Å²) in [6.07, 6.45) is 3.91. The molecular formula is C10H7N7O4. The van der Waals surface area contributed by atoms with Gasteiger partial charge in [-0.05, 0) is 0 Å².